The van der Waals surface area contributed by atoms with Gasteiger partial charge >= 0.3 is 0 Å². The van der Waals surface area contributed by atoms with Crippen LogP contribution in [0, 0.1) is 6.92 Å². The number of nitrogens with one attached hydrogen (secondary N) is 1. The molecule has 1 amide bonds. The first-order valence-corrected chi connectivity index (χ1v) is 10.7. The van der Waals surface area contributed by atoms with E-state index in [4.69, 9.17) is 18.7 Å². The van der Waals surface area contributed by atoms with Crippen LogP contribution in [0.2, 0.25) is 0 Å². The number of anilines is 1. The van der Waals surface area contributed by atoms with Crippen molar-refractivity contribution >= 4 is 43.5 Å². The molecule has 3 heterocycles. The quantitative estimate of drug-likeness (QED) is 0.367. The second kappa shape index (κ2) is 8.40. The summed E-state index contributed by atoms with van der Waals surface area (Å²) in [5.41, 5.74) is 1.66. The van der Waals surface area contributed by atoms with Gasteiger partial charge in [-0.1, -0.05) is 16.5 Å². The summed E-state index contributed by atoms with van der Waals surface area (Å²) in [6.45, 7) is 1.72. The molecule has 166 valence electrons. The molecule has 0 fully saturated rings. The van der Waals surface area contributed by atoms with E-state index in [1.54, 1.807) is 45.5 Å². The molecule has 9 nitrogen and oxygen atoms in total. The van der Waals surface area contributed by atoms with Crippen molar-refractivity contribution in [1.82, 2.24) is 15.1 Å². The number of carbonyl (C=O) groups is 1. The van der Waals surface area contributed by atoms with Crippen LogP contribution < -0.4 is 19.5 Å². The SMILES string of the molecule is COc1cc2nccc(Oc3ccc4nc(NC(=O)c5cc(C)on5)sc4c3)c2cc1OC. The number of rotatable bonds is 6. The Morgan fingerprint density at radius 1 is 1.00 bits per heavy atom. The van der Waals surface area contributed by atoms with E-state index in [-0.39, 0.29) is 11.6 Å². The Morgan fingerprint density at radius 3 is 2.58 bits per heavy atom. The highest BCUT2D eigenvalue weighted by atomic mass is 32.1. The molecule has 0 spiro atoms. The standard InChI is InChI=1S/C23H18N4O5S/c1-12-8-17(27-32-12)22(28)26-23-25-15-5-4-13(9-21(15)33-23)31-18-6-7-24-16-11-20(30-3)19(29-2)10-14(16)18/h4-11H,1-3H3,(H,25,26,28). The topological polar surface area (TPSA) is 109 Å². The summed E-state index contributed by atoms with van der Waals surface area (Å²) in [4.78, 5) is 21.2. The van der Waals surface area contributed by atoms with Crippen LogP contribution in [0.1, 0.15) is 16.2 Å². The first-order chi connectivity index (χ1) is 16.0. The van der Waals surface area contributed by atoms with Crippen LogP contribution >= 0.6 is 11.3 Å². The number of hydrogen-bond acceptors (Lipinski definition) is 9. The van der Waals surface area contributed by atoms with Gasteiger partial charge in [-0.3, -0.25) is 15.1 Å². The van der Waals surface area contributed by atoms with Crippen molar-refractivity contribution < 1.29 is 23.5 Å². The van der Waals surface area contributed by atoms with Crippen LogP contribution in [0.3, 0.4) is 0 Å². The molecule has 33 heavy (non-hydrogen) atoms. The Morgan fingerprint density at radius 2 is 1.82 bits per heavy atom. The number of aryl methyl sites for hydroxylation is 1. The highest BCUT2D eigenvalue weighted by Crippen LogP contribution is 2.38. The van der Waals surface area contributed by atoms with Gasteiger partial charge in [0.2, 0.25) is 0 Å². The third-order valence-electron chi connectivity index (χ3n) is 4.88. The second-order valence-electron chi connectivity index (χ2n) is 7.06. The lowest BCUT2D eigenvalue weighted by molar-refractivity contribution is 0.101. The Labute approximate surface area is 191 Å². The third kappa shape index (κ3) is 4.03. The fraction of sp³-hybridized carbons (Fsp3) is 0.130. The van der Waals surface area contributed by atoms with Gasteiger partial charge in [-0.25, -0.2) is 4.98 Å². The number of fused-ring (bicyclic) bond motifs is 2. The Bertz CT molecular complexity index is 1490. The van der Waals surface area contributed by atoms with Crippen LogP contribution in [-0.4, -0.2) is 35.3 Å². The second-order valence-corrected chi connectivity index (χ2v) is 8.09. The minimum absolute atomic E-state index is 0.201. The summed E-state index contributed by atoms with van der Waals surface area (Å²) in [5, 5.41) is 7.72. The lowest BCUT2D eigenvalue weighted by Crippen LogP contribution is -2.11. The number of methoxy groups -OCH3 is 2. The molecule has 0 aliphatic rings. The maximum absolute atomic E-state index is 12.3. The minimum atomic E-state index is -0.380. The van der Waals surface area contributed by atoms with Gasteiger partial charge < -0.3 is 18.7 Å². The molecule has 0 saturated heterocycles. The zero-order valence-electron chi connectivity index (χ0n) is 17.9. The van der Waals surface area contributed by atoms with Crippen LogP contribution in [0.4, 0.5) is 5.13 Å². The lowest BCUT2D eigenvalue weighted by Gasteiger charge is -2.12. The van der Waals surface area contributed by atoms with Crippen LogP contribution in [0.5, 0.6) is 23.0 Å². The number of nitrogens with zero attached hydrogens (tertiary/aromatic N) is 3. The largest absolute Gasteiger partial charge is 0.493 e. The molecule has 0 radical (unpaired) electrons. The predicted molar refractivity (Wildman–Crippen MR) is 124 cm³/mol. The molecule has 0 atom stereocenters. The molecule has 0 aliphatic carbocycles. The molecule has 0 aliphatic heterocycles. The van der Waals surface area contributed by atoms with Gasteiger partial charge in [-0.15, -0.1) is 0 Å². The molecule has 0 unspecified atom stereocenters. The predicted octanol–water partition coefficient (Wildman–Crippen LogP) is 5.20. The lowest BCUT2D eigenvalue weighted by atomic mass is 10.2. The summed E-state index contributed by atoms with van der Waals surface area (Å²) >= 11 is 1.34. The average molecular weight is 462 g/mol. The number of hydrogen-bond donors (Lipinski definition) is 1. The fourth-order valence-electron chi connectivity index (χ4n) is 3.32. The number of thiazole rings is 1. The molecule has 0 saturated carbocycles. The molecule has 1 N–H and O–H groups in total. The summed E-state index contributed by atoms with van der Waals surface area (Å²) in [5.74, 6) is 2.61. The van der Waals surface area contributed by atoms with E-state index in [1.165, 1.54) is 11.3 Å². The molecule has 5 aromatic rings. The molecule has 10 heteroatoms. The van der Waals surface area contributed by atoms with Crippen molar-refractivity contribution in [3.8, 4) is 23.0 Å². The summed E-state index contributed by atoms with van der Waals surface area (Å²) in [7, 11) is 3.16. The van der Waals surface area contributed by atoms with Crippen molar-refractivity contribution in [2.24, 2.45) is 0 Å². The van der Waals surface area contributed by atoms with E-state index in [9.17, 15) is 4.79 Å². The number of aromatic nitrogens is 3. The highest BCUT2D eigenvalue weighted by molar-refractivity contribution is 7.22. The summed E-state index contributed by atoms with van der Waals surface area (Å²) in [6, 6.07) is 12.5. The zero-order valence-corrected chi connectivity index (χ0v) is 18.7. The highest BCUT2D eigenvalue weighted by Gasteiger charge is 2.15. The van der Waals surface area contributed by atoms with Crippen molar-refractivity contribution in [1.29, 1.82) is 0 Å². The maximum Gasteiger partial charge on any atom is 0.279 e. The first kappa shape index (κ1) is 20.7. The molecular formula is C23H18N4O5S. The maximum atomic E-state index is 12.3. The van der Waals surface area contributed by atoms with Gasteiger partial charge in [0.25, 0.3) is 5.91 Å². The van der Waals surface area contributed by atoms with Crippen molar-refractivity contribution in [3.05, 3.63) is 60.1 Å². The smallest absolute Gasteiger partial charge is 0.279 e. The van der Waals surface area contributed by atoms with Gasteiger partial charge in [-0.2, -0.15) is 0 Å². The van der Waals surface area contributed by atoms with Crippen LogP contribution in [0.25, 0.3) is 21.1 Å². The number of benzene rings is 2. The third-order valence-corrected chi connectivity index (χ3v) is 5.81. The van der Waals surface area contributed by atoms with Crippen molar-refractivity contribution in [2.45, 2.75) is 6.92 Å². The molecular weight excluding hydrogens is 444 g/mol. The van der Waals surface area contributed by atoms with Gasteiger partial charge in [-0.05, 0) is 31.2 Å². The number of pyridine rings is 1. The Kier molecular flexibility index (Phi) is 5.27. The van der Waals surface area contributed by atoms with Gasteiger partial charge in [0, 0.05) is 29.8 Å². The van der Waals surface area contributed by atoms with E-state index in [2.05, 4.69) is 20.4 Å². The fourth-order valence-corrected chi connectivity index (χ4v) is 4.21. The molecule has 5 rings (SSSR count). The van der Waals surface area contributed by atoms with Gasteiger partial charge in [0.05, 0.1) is 30.0 Å². The minimum Gasteiger partial charge on any atom is -0.493 e. The van der Waals surface area contributed by atoms with E-state index in [0.717, 1.165) is 21.1 Å². The molecule has 0 bridgehead atoms. The van der Waals surface area contributed by atoms with Crippen LogP contribution in [0.15, 0.2) is 53.2 Å². The van der Waals surface area contributed by atoms with Crippen LogP contribution in [-0.2, 0) is 0 Å². The normalized spacial score (nSPS) is 11.0. The molecule has 2 aromatic carbocycles. The number of amides is 1. The van der Waals surface area contributed by atoms with E-state index in [1.807, 2.05) is 24.3 Å². The average Bonchev–Trinajstić information content (AvgIpc) is 3.43. The summed E-state index contributed by atoms with van der Waals surface area (Å²) in [6.07, 6.45) is 1.67. The van der Waals surface area contributed by atoms with Crippen molar-refractivity contribution in [3.63, 3.8) is 0 Å². The van der Waals surface area contributed by atoms with E-state index >= 15 is 0 Å². The van der Waals surface area contributed by atoms with Crippen molar-refractivity contribution in [2.75, 3.05) is 19.5 Å². The Balaban J connectivity index is 1.43. The first-order valence-electron chi connectivity index (χ1n) is 9.88. The number of carbonyl (C=O) groups excluding carboxylic acids is 1. The van der Waals surface area contributed by atoms with Gasteiger partial charge in [0.15, 0.2) is 22.3 Å². The Hall–Kier alpha value is -4.18. The number of ether oxygens (including phenoxy) is 3. The monoisotopic (exact) mass is 462 g/mol. The van der Waals surface area contributed by atoms with E-state index < -0.39 is 0 Å². The summed E-state index contributed by atoms with van der Waals surface area (Å²) < 4.78 is 22.7. The zero-order chi connectivity index (χ0) is 22.9. The molecule has 3 aromatic heterocycles. The van der Waals surface area contributed by atoms with E-state index in [0.29, 0.717) is 33.9 Å². The van der Waals surface area contributed by atoms with Gasteiger partial charge in [0.1, 0.15) is 17.3 Å².